The van der Waals surface area contributed by atoms with Crippen LogP contribution in [0, 0.1) is 0 Å². The Balaban J connectivity index is 2.55. The Labute approximate surface area is 124 Å². The smallest absolute Gasteiger partial charge is 0.130 e. The Hall–Kier alpha value is -2.40. The van der Waals surface area contributed by atoms with Gasteiger partial charge in [-0.25, -0.2) is 0 Å². The Bertz CT molecular complexity index is 592. The summed E-state index contributed by atoms with van der Waals surface area (Å²) in [5.41, 5.74) is 9.26. The molecule has 0 radical (unpaired) electrons. The van der Waals surface area contributed by atoms with E-state index in [-0.39, 0.29) is 6.61 Å². The Morgan fingerprint density at radius 1 is 1.10 bits per heavy atom. The fraction of sp³-hybridized carbons (Fsp3) is 0.250. The van der Waals surface area contributed by atoms with E-state index in [1.807, 2.05) is 36.4 Å². The lowest BCUT2D eigenvalue weighted by Crippen LogP contribution is -2.06. The molecule has 2 aromatic rings. The van der Waals surface area contributed by atoms with Crippen LogP contribution in [0.3, 0.4) is 0 Å². The summed E-state index contributed by atoms with van der Waals surface area (Å²) < 4.78 is 10.8. The van der Waals surface area contributed by atoms with Crippen molar-refractivity contribution >= 4 is 11.4 Å². The van der Waals surface area contributed by atoms with Gasteiger partial charge in [-0.3, -0.25) is 0 Å². The predicted molar refractivity (Wildman–Crippen MR) is 85.0 cm³/mol. The number of ether oxygens (including phenoxy) is 2. The molecular weight excluding hydrogens is 268 g/mol. The summed E-state index contributed by atoms with van der Waals surface area (Å²) >= 11 is 0. The summed E-state index contributed by atoms with van der Waals surface area (Å²) in [4.78, 5) is 0. The number of anilines is 2. The van der Waals surface area contributed by atoms with Gasteiger partial charge in [0.1, 0.15) is 11.5 Å². The molecule has 0 fully saturated rings. The minimum atomic E-state index is 0.0672. The summed E-state index contributed by atoms with van der Waals surface area (Å²) in [5.74, 6) is 1.39. The van der Waals surface area contributed by atoms with Crippen molar-refractivity contribution in [2.24, 2.45) is 0 Å². The highest BCUT2D eigenvalue weighted by Gasteiger charge is 2.15. The molecule has 0 aromatic heterocycles. The van der Waals surface area contributed by atoms with Gasteiger partial charge >= 0.3 is 0 Å². The first-order chi connectivity index (χ1) is 10.2. The summed E-state index contributed by atoms with van der Waals surface area (Å²) in [6.45, 7) is 0.546. The van der Waals surface area contributed by atoms with E-state index < -0.39 is 0 Å². The molecule has 4 N–H and O–H groups in total. The van der Waals surface area contributed by atoms with Gasteiger partial charge in [0.2, 0.25) is 0 Å². The zero-order chi connectivity index (χ0) is 15.2. The fourth-order valence-corrected chi connectivity index (χ4v) is 2.20. The van der Waals surface area contributed by atoms with Crippen molar-refractivity contribution in [2.75, 3.05) is 38.4 Å². The van der Waals surface area contributed by atoms with Crippen molar-refractivity contribution < 1.29 is 14.6 Å². The molecule has 0 amide bonds. The van der Waals surface area contributed by atoms with Crippen molar-refractivity contribution in [3.63, 3.8) is 0 Å². The van der Waals surface area contributed by atoms with Crippen molar-refractivity contribution in [3.05, 3.63) is 36.4 Å². The fourth-order valence-electron chi connectivity index (χ4n) is 2.20. The molecule has 112 valence electrons. The van der Waals surface area contributed by atoms with Gasteiger partial charge in [-0.2, -0.15) is 0 Å². The number of rotatable bonds is 6. The first-order valence-electron chi connectivity index (χ1n) is 6.67. The van der Waals surface area contributed by atoms with Crippen LogP contribution in [-0.2, 0) is 0 Å². The minimum absolute atomic E-state index is 0.0672. The van der Waals surface area contributed by atoms with Crippen LogP contribution in [0.15, 0.2) is 36.4 Å². The molecule has 21 heavy (non-hydrogen) atoms. The van der Waals surface area contributed by atoms with Crippen LogP contribution < -0.4 is 20.5 Å². The number of aliphatic hydroxyl groups is 1. The van der Waals surface area contributed by atoms with Gasteiger partial charge in [0, 0.05) is 23.5 Å². The summed E-state index contributed by atoms with van der Waals surface area (Å²) in [6, 6.07) is 11.2. The molecule has 0 aliphatic rings. The third-order valence-corrected chi connectivity index (χ3v) is 3.19. The highest BCUT2D eigenvalue weighted by molar-refractivity contribution is 5.86. The van der Waals surface area contributed by atoms with Gasteiger partial charge in [0.25, 0.3) is 0 Å². The average Bonchev–Trinajstić information content (AvgIpc) is 2.53. The molecule has 2 aromatic carbocycles. The number of benzene rings is 2. The zero-order valence-electron chi connectivity index (χ0n) is 12.2. The van der Waals surface area contributed by atoms with E-state index in [1.165, 1.54) is 0 Å². The third-order valence-electron chi connectivity index (χ3n) is 3.19. The molecule has 0 aliphatic carbocycles. The summed E-state index contributed by atoms with van der Waals surface area (Å²) in [7, 11) is 3.23. The van der Waals surface area contributed by atoms with Gasteiger partial charge in [0.15, 0.2) is 0 Å². The summed E-state index contributed by atoms with van der Waals surface area (Å²) in [6.07, 6.45) is 0. The zero-order valence-corrected chi connectivity index (χ0v) is 12.2. The minimum Gasteiger partial charge on any atom is -0.496 e. The number of hydrogen-bond donors (Lipinski definition) is 3. The van der Waals surface area contributed by atoms with Crippen LogP contribution in [0.5, 0.6) is 11.5 Å². The van der Waals surface area contributed by atoms with E-state index in [9.17, 15) is 0 Å². The van der Waals surface area contributed by atoms with Crippen LogP contribution in [0.2, 0.25) is 0 Å². The van der Waals surface area contributed by atoms with Crippen LogP contribution in [0.1, 0.15) is 0 Å². The van der Waals surface area contributed by atoms with Crippen LogP contribution in [-0.4, -0.2) is 32.5 Å². The lowest BCUT2D eigenvalue weighted by molar-refractivity contribution is 0.311. The number of nitrogens with one attached hydrogen (secondary N) is 1. The molecule has 0 saturated heterocycles. The Morgan fingerprint density at radius 3 is 2.33 bits per heavy atom. The number of nitrogen functional groups attached to an aromatic ring is 1. The molecule has 0 atom stereocenters. The molecule has 2 rings (SSSR count). The van der Waals surface area contributed by atoms with E-state index in [4.69, 9.17) is 20.3 Å². The highest BCUT2D eigenvalue weighted by Crippen LogP contribution is 2.41. The maximum atomic E-state index is 8.91. The SMILES string of the molecule is COc1cccc(OC)c1-c1cc(NCCO)ccc1N. The third kappa shape index (κ3) is 3.20. The van der Waals surface area contributed by atoms with Crippen LogP contribution in [0.4, 0.5) is 11.4 Å². The molecule has 0 spiro atoms. The number of hydrogen-bond acceptors (Lipinski definition) is 5. The van der Waals surface area contributed by atoms with E-state index in [0.29, 0.717) is 23.7 Å². The first kappa shape index (κ1) is 15.0. The summed E-state index contributed by atoms with van der Waals surface area (Å²) in [5, 5.41) is 12.0. The van der Waals surface area contributed by atoms with E-state index in [1.54, 1.807) is 14.2 Å². The second-order valence-corrected chi connectivity index (χ2v) is 4.49. The molecule has 0 saturated carbocycles. The standard InChI is InChI=1S/C16H20N2O3/c1-20-14-4-3-5-15(21-2)16(14)12-10-11(18-8-9-19)6-7-13(12)17/h3-7,10,18-19H,8-9,17H2,1-2H3. The number of nitrogens with two attached hydrogens (primary N) is 1. The maximum absolute atomic E-state index is 8.91. The maximum Gasteiger partial charge on any atom is 0.130 e. The van der Waals surface area contributed by atoms with Gasteiger partial charge in [-0.05, 0) is 30.3 Å². The van der Waals surface area contributed by atoms with Gasteiger partial charge in [-0.1, -0.05) is 6.07 Å². The molecule has 0 heterocycles. The predicted octanol–water partition coefficient (Wildman–Crippen LogP) is 2.36. The Kier molecular flexibility index (Phi) is 4.90. The van der Waals surface area contributed by atoms with Crippen molar-refractivity contribution in [1.29, 1.82) is 0 Å². The Morgan fingerprint density at radius 2 is 1.76 bits per heavy atom. The molecule has 5 heteroatoms. The lowest BCUT2D eigenvalue weighted by Gasteiger charge is -2.16. The van der Waals surface area contributed by atoms with Gasteiger partial charge in [-0.15, -0.1) is 0 Å². The average molecular weight is 288 g/mol. The number of aliphatic hydroxyl groups excluding tert-OH is 1. The second kappa shape index (κ2) is 6.85. The van der Waals surface area contributed by atoms with E-state index in [2.05, 4.69) is 5.32 Å². The highest BCUT2D eigenvalue weighted by atomic mass is 16.5. The van der Waals surface area contributed by atoms with Crippen molar-refractivity contribution in [3.8, 4) is 22.6 Å². The molecule has 0 aliphatic heterocycles. The van der Waals surface area contributed by atoms with Crippen LogP contribution in [0.25, 0.3) is 11.1 Å². The molecular formula is C16H20N2O3. The van der Waals surface area contributed by atoms with Crippen molar-refractivity contribution in [1.82, 2.24) is 0 Å². The largest absolute Gasteiger partial charge is 0.496 e. The second-order valence-electron chi connectivity index (χ2n) is 4.49. The van der Waals surface area contributed by atoms with Gasteiger partial charge < -0.3 is 25.6 Å². The first-order valence-corrected chi connectivity index (χ1v) is 6.67. The molecule has 0 bridgehead atoms. The molecule has 5 nitrogen and oxygen atoms in total. The van der Waals surface area contributed by atoms with E-state index >= 15 is 0 Å². The van der Waals surface area contributed by atoms with Gasteiger partial charge in [0.05, 0.1) is 26.4 Å². The number of methoxy groups -OCH3 is 2. The monoisotopic (exact) mass is 288 g/mol. The lowest BCUT2D eigenvalue weighted by atomic mass is 10.0. The van der Waals surface area contributed by atoms with Crippen molar-refractivity contribution in [2.45, 2.75) is 0 Å². The molecule has 0 unspecified atom stereocenters. The van der Waals surface area contributed by atoms with Crippen LogP contribution >= 0.6 is 0 Å². The normalized spacial score (nSPS) is 10.2. The quantitative estimate of drug-likeness (QED) is 0.711. The topological polar surface area (TPSA) is 76.7 Å². The van der Waals surface area contributed by atoms with E-state index in [0.717, 1.165) is 16.8 Å².